The van der Waals surface area contributed by atoms with Gasteiger partial charge in [-0.05, 0) is 43.2 Å². The first kappa shape index (κ1) is 42.3. The van der Waals surface area contributed by atoms with Crippen molar-refractivity contribution in [1.82, 2.24) is 9.80 Å². The van der Waals surface area contributed by atoms with E-state index in [4.69, 9.17) is 19.1 Å². The van der Waals surface area contributed by atoms with Crippen molar-refractivity contribution in [2.24, 2.45) is 5.92 Å². The van der Waals surface area contributed by atoms with Crippen molar-refractivity contribution >= 4 is 29.9 Å². The minimum Gasteiger partial charge on any atom is -0.870 e. The van der Waals surface area contributed by atoms with Gasteiger partial charge in [-0.25, -0.2) is 9.59 Å². The van der Waals surface area contributed by atoms with Crippen molar-refractivity contribution < 1.29 is 95.1 Å². The zero-order chi connectivity index (χ0) is 31.3. The molecule has 2 aromatic rings. The molecule has 2 amide bonds. The fourth-order valence-corrected chi connectivity index (χ4v) is 4.82. The van der Waals surface area contributed by atoms with Gasteiger partial charge in [-0.1, -0.05) is 67.6 Å². The molecule has 2 aliphatic heterocycles. The summed E-state index contributed by atoms with van der Waals surface area (Å²) in [6, 6.07) is 19.3. The molecule has 2 aromatic carbocycles. The van der Waals surface area contributed by atoms with Crippen molar-refractivity contribution in [3.05, 3.63) is 71.8 Å². The third kappa shape index (κ3) is 17.5. The average molecular weight is 651 g/mol. The average Bonchev–Trinajstić information content (AvgIpc) is 3.00. The number of rotatable bonds is 5. The van der Waals surface area contributed by atoms with Crippen LogP contribution in [0.2, 0.25) is 0 Å². The summed E-state index contributed by atoms with van der Waals surface area (Å²) in [6.07, 6.45) is 5.21. The molecule has 1 unspecified atom stereocenters. The van der Waals surface area contributed by atoms with Crippen LogP contribution in [-0.2, 0) is 41.9 Å². The summed E-state index contributed by atoms with van der Waals surface area (Å²) in [5.41, 5.74) is 1.97. The Kier molecular flexibility index (Phi) is 24.0. The summed E-state index contributed by atoms with van der Waals surface area (Å²) in [6.45, 7) is 5.07. The Bertz CT molecular complexity index is 1160. The van der Waals surface area contributed by atoms with Crippen LogP contribution >= 0.6 is 0 Å². The monoisotopic (exact) mass is 650 g/mol. The maximum Gasteiger partial charge on any atom is 1.00 e. The number of ketones is 2. The van der Waals surface area contributed by atoms with Gasteiger partial charge < -0.3 is 24.7 Å². The van der Waals surface area contributed by atoms with E-state index >= 15 is 0 Å². The molecule has 1 atom stereocenters. The van der Waals surface area contributed by atoms with Crippen LogP contribution in [0.5, 0.6) is 0 Å². The third-order valence-electron chi connectivity index (χ3n) is 7.24. The number of benzene rings is 2. The van der Waals surface area contributed by atoms with Gasteiger partial charge >= 0.3 is 69.7 Å². The SMILES string of the molecule is CCC1CCN(C(=O)OCc2ccccc2)CCCC1=O.O=C1CCCN(C(=O)OCc2ccccc2)CCC1.O=C=O.[K+].[OH-]. The predicted octanol–water partition coefficient (Wildman–Crippen LogP) is 2.42. The van der Waals surface area contributed by atoms with Crippen LogP contribution in [0.25, 0.3) is 0 Å². The number of Topliss-reactive ketones (excluding diaryl/α,β-unsaturated/α-hetero) is 2. The summed E-state index contributed by atoms with van der Waals surface area (Å²) >= 11 is 0. The van der Waals surface area contributed by atoms with E-state index in [2.05, 4.69) is 0 Å². The largest absolute Gasteiger partial charge is 1.00 e. The van der Waals surface area contributed by atoms with Crippen LogP contribution in [0.4, 0.5) is 9.59 Å². The van der Waals surface area contributed by atoms with E-state index in [1.165, 1.54) is 0 Å². The standard InChI is InChI=1S/C17H23NO3.C15H19NO3.CO2.K.H2O/c1-2-15-10-12-18(11-6-9-16(15)19)17(20)21-13-14-7-4-3-5-8-14;17-14-8-4-10-16(11-5-9-14)15(18)19-12-13-6-2-1-3-7-13;2-1-3;;/h3-5,7-8,15H,2,6,9-13H2,1H3;1-3,6-7H,4-5,8-12H2;;;1H2/q;;;+1;/p-1. The Morgan fingerprint density at radius 2 is 1.13 bits per heavy atom. The first-order chi connectivity index (χ1) is 20.9. The molecular weight excluding hydrogens is 607 g/mol. The molecule has 0 aromatic heterocycles. The molecule has 240 valence electrons. The molecule has 0 spiro atoms. The van der Waals surface area contributed by atoms with Gasteiger partial charge in [-0.15, -0.1) is 0 Å². The number of likely N-dealkylation sites (tertiary alicyclic amines) is 2. The van der Waals surface area contributed by atoms with Crippen molar-refractivity contribution in [3.63, 3.8) is 0 Å². The van der Waals surface area contributed by atoms with E-state index in [9.17, 15) is 19.2 Å². The zero-order valence-electron chi connectivity index (χ0n) is 26.4. The van der Waals surface area contributed by atoms with Gasteiger partial charge in [0, 0.05) is 51.4 Å². The molecule has 45 heavy (non-hydrogen) atoms. The summed E-state index contributed by atoms with van der Waals surface area (Å²) in [5, 5.41) is 0. The molecule has 1 N–H and O–H groups in total. The first-order valence-corrected chi connectivity index (χ1v) is 14.8. The molecule has 0 aliphatic carbocycles. The topological polar surface area (TPSA) is 157 Å². The van der Waals surface area contributed by atoms with Gasteiger partial charge in [0.15, 0.2) is 0 Å². The van der Waals surface area contributed by atoms with E-state index < -0.39 is 0 Å². The number of hydrogen-bond acceptors (Lipinski definition) is 9. The van der Waals surface area contributed by atoms with Crippen LogP contribution in [-0.4, -0.2) is 71.4 Å². The number of carbonyl (C=O) groups is 4. The normalized spacial score (nSPS) is 16.4. The van der Waals surface area contributed by atoms with Gasteiger partial charge in [0.1, 0.15) is 24.8 Å². The third-order valence-corrected chi connectivity index (χ3v) is 7.24. The minimum atomic E-state index is -0.279. The molecule has 11 nitrogen and oxygen atoms in total. The van der Waals surface area contributed by atoms with Crippen LogP contribution in [0.1, 0.15) is 69.4 Å². The molecule has 12 heteroatoms. The fraction of sp³-hybridized carbons (Fsp3) is 0.485. The molecule has 2 aliphatic rings. The maximum atomic E-state index is 12.1. The van der Waals surface area contributed by atoms with E-state index in [1.54, 1.807) is 9.80 Å². The number of ether oxygens (including phenoxy) is 2. The Balaban J connectivity index is 0.000000763. The van der Waals surface area contributed by atoms with Crippen molar-refractivity contribution in [3.8, 4) is 0 Å². The van der Waals surface area contributed by atoms with Crippen LogP contribution < -0.4 is 51.4 Å². The second kappa shape index (κ2) is 25.5. The number of hydrogen-bond donors (Lipinski definition) is 0. The maximum absolute atomic E-state index is 12.1. The quantitative estimate of drug-likeness (QED) is 0.443. The molecule has 4 rings (SSSR count). The molecule has 2 fully saturated rings. The van der Waals surface area contributed by atoms with Crippen LogP contribution in [0.3, 0.4) is 0 Å². The Morgan fingerprint density at radius 3 is 1.56 bits per heavy atom. The number of nitrogens with zero attached hydrogens (tertiary/aromatic N) is 2. The van der Waals surface area contributed by atoms with Crippen LogP contribution in [0, 0.1) is 5.92 Å². The summed E-state index contributed by atoms with van der Waals surface area (Å²) in [5.74, 6) is 0.738. The Labute approximate surface area is 307 Å². The first-order valence-electron chi connectivity index (χ1n) is 14.8. The van der Waals surface area contributed by atoms with Gasteiger partial charge in [0.2, 0.25) is 0 Å². The number of amides is 2. The van der Waals surface area contributed by atoms with Gasteiger partial charge in [-0.3, -0.25) is 9.59 Å². The Hall–Kier alpha value is -2.70. The summed E-state index contributed by atoms with van der Waals surface area (Å²) < 4.78 is 10.7. The molecule has 2 heterocycles. The molecule has 0 radical (unpaired) electrons. The zero-order valence-corrected chi connectivity index (χ0v) is 29.5. The van der Waals surface area contributed by atoms with E-state index in [0.29, 0.717) is 70.2 Å². The minimum absolute atomic E-state index is 0. The van der Waals surface area contributed by atoms with E-state index in [1.807, 2.05) is 67.6 Å². The Morgan fingerprint density at radius 1 is 0.733 bits per heavy atom. The van der Waals surface area contributed by atoms with Crippen molar-refractivity contribution in [1.29, 1.82) is 0 Å². The second-order valence-electron chi connectivity index (χ2n) is 10.3. The van der Waals surface area contributed by atoms with Crippen LogP contribution in [0.15, 0.2) is 60.7 Å². The van der Waals surface area contributed by atoms with E-state index in [-0.39, 0.29) is 81.1 Å². The smallest absolute Gasteiger partial charge is 0.870 e. The molecule has 0 bridgehead atoms. The van der Waals surface area contributed by atoms with Gasteiger partial charge in [0.05, 0.1) is 0 Å². The molecular formula is C33H43KN2O9. The second-order valence-corrected chi connectivity index (χ2v) is 10.3. The van der Waals surface area contributed by atoms with Crippen molar-refractivity contribution in [2.75, 3.05) is 26.2 Å². The number of carbonyl (C=O) groups excluding carboxylic acids is 6. The summed E-state index contributed by atoms with van der Waals surface area (Å²) in [4.78, 5) is 66.9. The molecule has 0 saturated carbocycles. The van der Waals surface area contributed by atoms with Gasteiger partial charge in [0.25, 0.3) is 0 Å². The predicted molar refractivity (Wildman–Crippen MR) is 159 cm³/mol. The van der Waals surface area contributed by atoms with Gasteiger partial charge in [-0.2, -0.15) is 9.59 Å². The molecule has 2 saturated heterocycles. The fourth-order valence-electron chi connectivity index (χ4n) is 4.82. The van der Waals surface area contributed by atoms with E-state index in [0.717, 1.165) is 43.2 Å². The summed E-state index contributed by atoms with van der Waals surface area (Å²) in [7, 11) is 0. The van der Waals surface area contributed by atoms with Crippen molar-refractivity contribution in [2.45, 2.75) is 71.5 Å².